The molecule has 0 saturated carbocycles. The lowest BCUT2D eigenvalue weighted by Gasteiger charge is -2.12. The van der Waals surface area contributed by atoms with Crippen LogP contribution in [0.4, 0.5) is 5.69 Å². The predicted octanol–water partition coefficient (Wildman–Crippen LogP) is -0.184. The first kappa shape index (κ1) is 13.0. The molecule has 1 aromatic carbocycles. The Morgan fingerprint density at radius 1 is 1.32 bits per heavy atom. The van der Waals surface area contributed by atoms with Gasteiger partial charge < -0.3 is 25.4 Å². The number of carbonyl (C=O) groups excluding carboxylic acids is 2. The zero-order chi connectivity index (χ0) is 14.0. The van der Waals surface area contributed by atoms with Gasteiger partial charge in [0.2, 0.25) is 12.7 Å². The Kier molecular flexibility index (Phi) is 3.46. The van der Waals surface area contributed by atoms with Gasteiger partial charge in [0.1, 0.15) is 0 Å². The number of hydrogen-bond donors (Lipinski definition) is 2. The molecule has 2 amide bonds. The summed E-state index contributed by atoms with van der Waals surface area (Å²) in [6, 6.07) is 3.04. The van der Waals surface area contributed by atoms with Gasteiger partial charge in [0.15, 0.2) is 11.5 Å². The number of amides is 2. The molecule has 102 valence electrons. The molecular formula is C12H15N3O4. The van der Waals surface area contributed by atoms with E-state index in [1.54, 1.807) is 14.1 Å². The second kappa shape index (κ2) is 5.05. The minimum atomic E-state index is -0.425. The highest BCUT2D eigenvalue weighted by atomic mass is 16.7. The third-order valence-electron chi connectivity index (χ3n) is 2.69. The maximum Gasteiger partial charge on any atom is 0.253 e. The summed E-state index contributed by atoms with van der Waals surface area (Å²) in [6.45, 7) is 0.0265. The highest BCUT2D eigenvalue weighted by Crippen LogP contribution is 2.35. The Balaban J connectivity index is 2.09. The third kappa shape index (κ3) is 2.70. The molecule has 7 heteroatoms. The van der Waals surface area contributed by atoms with Crippen LogP contribution in [0.15, 0.2) is 12.1 Å². The monoisotopic (exact) mass is 265 g/mol. The molecular weight excluding hydrogens is 250 g/mol. The van der Waals surface area contributed by atoms with Gasteiger partial charge in [-0.15, -0.1) is 0 Å². The number of nitrogens with one attached hydrogen (secondary N) is 1. The van der Waals surface area contributed by atoms with Crippen LogP contribution in [0.2, 0.25) is 0 Å². The fourth-order valence-electron chi connectivity index (χ4n) is 1.56. The molecule has 0 aliphatic carbocycles. The van der Waals surface area contributed by atoms with Crippen molar-refractivity contribution in [3.8, 4) is 11.5 Å². The van der Waals surface area contributed by atoms with E-state index in [2.05, 4.69) is 5.32 Å². The summed E-state index contributed by atoms with van der Waals surface area (Å²) in [7, 11) is 3.23. The van der Waals surface area contributed by atoms with Crippen molar-refractivity contribution in [3.63, 3.8) is 0 Å². The molecule has 2 rings (SSSR count). The fraction of sp³-hybridized carbons (Fsp3) is 0.333. The van der Waals surface area contributed by atoms with E-state index in [4.69, 9.17) is 15.2 Å². The number of carbonyl (C=O) groups is 2. The standard InChI is InChI=1S/C12H15N3O4/c1-15(2)11(16)5-14-12(17)7-3-9-10(4-8(7)13)19-6-18-9/h3-4H,5-6,13H2,1-2H3,(H,14,17). The van der Waals surface area contributed by atoms with Gasteiger partial charge in [-0.1, -0.05) is 0 Å². The largest absolute Gasteiger partial charge is 0.454 e. The smallest absolute Gasteiger partial charge is 0.253 e. The molecule has 0 radical (unpaired) electrons. The average molecular weight is 265 g/mol. The van der Waals surface area contributed by atoms with E-state index in [1.165, 1.54) is 17.0 Å². The number of nitrogens with two attached hydrogens (primary N) is 1. The summed E-state index contributed by atoms with van der Waals surface area (Å²) in [5, 5.41) is 2.51. The van der Waals surface area contributed by atoms with Crippen molar-refractivity contribution in [2.24, 2.45) is 0 Å². The van der Waals surface area contributed by atoms with Crippen LogP contribution in [-0.2, 0) is 4.79 Å². The maximum absolute atomic E-state index is 11.9. The number of likely N-dealkylation sites (N-methyl/N-ethyl adjacent to an activating group) is 1. The highest BCUT2D eigenvalue weighted by Gasteiger charge is 2.20. The summed E-state index contributed by atoms with van der Waals surface area (Å²) in [5.74, 6) is 0.357. The number of benzene rings is 1. The van der Waals surface area contributed by atoms with Crippen LogP contribution in [0.5, 0.6) is 11.5 Å². The number of rotatable bonds is 3. The summed E-state index contributed by atoms with van der Waals surface area (Å²) in [6.07, 6.45) is 0. The number of nitrogens with zero attached hydrogens (tertiary/aromatic N) is 1. The summed E-state index contributed by atoms with van der Waals surface area (Å²) in [5.41, 5.74) is 6.31. The van der Waals surface area contributed by atoms with Gasteiger partial charge >= 0.3 is 0 Å². The van der Waals surface area contributed by atoms with Gasteiger partial charge in [-0.05, 0) is 6.07 Å². The quantitative estimate of drug-likeness (QED) is 0.739. The van der Waals surface area contributed by atoms with Gasteiger partial charge in [-0.2, -0.15) is 0 Å². The molecule has 7 nitrogen and oxygen atoms in total. The van der Waals surface area contributed by atoms with Gasteiger partial charge in [0, 0.05) is 25.8 Å². The van der Waals surface area contributed by atoms with Crippen LogP contribution < -0.4 is 20.5 Å². The molecule has 0 unspecified atom stereocenters. The van der Waals surface area contributed by atoms with Gasteiger partial charge in [0.25, 0.3) is 5.91 Å². The number of fused-ring (bicyclic) bond motifs is 1. The number of hydrogen-bond acceptors (Lipinski definition) is 5. The van der Waals surface area contributed by atoms with Crippen LogP contribution >= 0.6 is 0 Å². The molecule has 1 aliphatic heterocycles. The van der Waals surface area contributed by atoms with E-state index in [0.29, 0.717) is 11.5 Å². The first-order valence-electron chi connectivity index (χ1n) is 5.66. The molecule has 1 aromatic rings. The molecule has 0 fully saturated rings. The van der Waals surface area contributed by atoms with Crippen molar-refractivity contribution in [1.82, 2.24) is 10.2 Å². The van der Waals surface area contributed by atoms with Crippen molar-refractivity contribution in [2.75, 3.05) is 33.2 Å². The van der Waals surface area contributed by atoms with Crippen molar-refractivity contribution >= 4 is 17.5 Å². The van der Waals surface area contributed by atoms with Gasteiger partial charge in [-0.25, -0.2) is 0 Å². The zero-order valence-corrected chi connectivity index (χ0v) is 10.7. The Morgan fingerprint density at radius 3 is 2.58 bits per heavy atom. The van der Waals surface area contributed by atoms with Gasteiger partial charge in [-0.3, -0.25) is 9.59 Å². The van der Waals surface area contributed by atoms with Crippen LogP contribution in [-0.4, -0.2) is 44.1 Å². The lowest BCUT2D eigenvalue weighted by Crippen LogP contribution is -2.36. The van der Waals surface area contributed by atoms with Crippen LogP contribution in [0.25, 0.3) is 0 Å². The maximum atomic E-state index is 11.9. The molecule has 0 spiro atoms. The van der Waals surface area contributed by atoms with Crippen molar-refractivity contribution < 1.29 is 19.1 Å². The van der Waals surface area contributed by atoms with Crippen LogP contribution in [0, 0.1) is 0 Å². The second-order valence-electron chi connectivity index (χ2n) is 4.26. The number of anilines is 1. The van der Waals surface area contributed by atoms with E-state index < -0.39 is 5.91 Å². The Morgan fingerprint density at radius 2 is 1.95 bits per heavy atom. The Hall–Kier alpha value is -2.44. The summed E-state index contributed by atoms with van der Waals surface area (Å²) < 4.78 is 10.3. The average Bonchev–Trinajstić information content (AvgIpc) is 2.81. The Labute approximate surface area is 110 Å². The molecule has 19 heavy (non-hydrogen) atoms. The normalized spacial score (nSPS) is 12.1. The van der Waals surface area contributed by atoms with E-state index in [9.17, 15) is 9.59 Å². The van der Waals surface area contributed by atoms with Gasteiger partial charge in [0.05, 0.1) is 12.1 Å². The fourth-order valence-corrected chi connectivity index (χ4v) is 1.56. The first-order chi connectivity index (χ1) is 8.99. The van der Waals surface area contributed by atoms with Crippen LogP contribution in [0.1, 0.15) is 10.4 Å². The highest BCUT2D eigenvalue weighted by molar-refractivity contribution is 6.01. The lowest BCUT2D eigenvalue weighted by atomic mass is 10.1. The lowest BCUT2D eigenvalue weighted by molar-refractivity contribution is -0.127. The molecule has 0 aromatic heterocycles. The molecule has 0 atom stereocenters. The van der Waals surface area contributed by atoms with E-state index in [0.717, 1.165) is 0 Å². The first-order valence-corrected chi connectivity index (χ1v) is 5.66. The molecule has 3 N–H and O–H groups in total. The summed E-state index contributed by atoms with van der Waals surface area (Å²) >= 11 is 0. The van der Waals surface area contributed by atoms with Crippen LogP contribution in [0.3, 0.4) is 0 Å². The SMILES string of the molecule is CN(C)C(=O)CNC(=O)c1cc2c(cc1N)OCO2. The van der Waals surface area contributed by atoms with E-state index >= 15 is 0 Å². The molecule has 1 heterocycles. The predicted molar refractivity (Wildman–Crippen MR) is 68.0 cm³/mol. The van der Waals surface area contributed by atoms with Crippen molar-refractivity contribution in [2.45, 2.75) is 0 Å². The van der Waals surface area contributed by atoms with Crippen molar-refractivity contribution in [3.05, 3.63) is 17.7 Å². The zero-order valence-electron chi connectivity index (χ0n) is 10.7. The second-order valence-corrected chi connectivity index (χ2v) is 4.26. The topological polar surface area (TPSA) is 93.9 Å². The molecule has 1 aliphatic rings. The molecule has 0 saturated heterocycles. The minimum Gasteiger partial charge on any atom is -0.454 e. The van der Waals surface area contributed by atoms with Crippen molar-refractivity contribution in [1.29, 1.82) is 0 Å². The number of nitrogen functional groups attached to an aromatic ring is 1. The molecule has 0 bridgehead atoms. The van der Waals surface area contributed by atoms with E-state index in [1.807, 2.05) is 0 Å². The Bertz CT molecular complexity index is 528. The third-order valence-corrected chi connectivity index (χ3v) is 2.69. The summed E-state index contributed by atoms with van der Waals surface area (Å²) in [4.78, 5) is 24.7. The van der Waals surface area contributed by atoms with E-state index in [-0.39, 0.29) is 30.5 Å². The minimum absolute atomic E-state index is 0.0836. The number of ether oxygens (including phenoxy) is 2.